The van der Waals surface area contributed by atoms with Crippen LogP contribution in [0.1, 0.15) is 11.6 Å². The average Bonchev–Trinajstić information content (AvgIpc) is 2.82. The van der Waals surface area contributed by atoms with Gasteiger partial charge in [0.25, 0.3) is 0 Å². The smallest absolute Gasteiger partial charge is 0.246 e. The molecule has 0 radical (unpaired) electrons. The van der Waals surface area contributed by atoms with Crippen molar-refractivity contribution in [3.63, 3.8) is 0 Å². The van der Waals surface area contributed by atoms with E-state index in [9.17, 15) is 17.6 Å². The average molecular weight is 488 g/mol. The summed E-state index contributed by atoms with van der Waals surface area (Å²) in [5.74, 6) is -0.649. The summed E-state index contributed by atoms with van der Waals surface area (Å²) >= 11 is 5.98. The Morgan fingerprint density at radius 1 is 0.909 bits per heavy atom. The molecule has 3 aromatic rings. The molecule has 1 heterocycles. The van der Waals surface area contributed by atoms with Gasteiger partial charge in [-0.2, -0.15) is 4.31 Å². The third kappa shape index (κ3) is 5.42. The van der Waals surface area contributed by atoms with Crippen LogP contribution in [0.3, 0.4) is 0 Å². The molecule has 172 valence electrons. The third-order valence-electron chi connectivity index (χ3n) is 5.55. The van der Waals surface area contributed by atoms with Crippen LogP contribution in [0, 0.1) is 5.82 Å². The number of benzene rings is 3. The predicted molar refractivity (Wildman–Crippen MR) is 126 cm³/mol. The van der Waals surface area contributed by atoms with Crippen LogP contribution in [0.15, 0.2) is 83.8 Å². The number of anilines is 1. The fourth-order valence-electron chi connectivity index (χ4n) is 3.89. The topological polar surface area (TPSA) is 69.7 Å². The van der Waals surface area contributed by atoms with Gasteiger partial charge in [0.2, 0.25) is 15.9 Å². The first kappa shape index (κ1) is 23.4. The third-order valence-corrected chi connectivity index (χ3v) is 7.68. The molecule has 1 aliphatic rings. The molecule has 0 aliphatic carbocycles. The molecule has 1 N–H and O–H groups in total. The molecular weight excluding hydrogens is 465 g/mol. The van der Waals surface area contributed by atoms with Crippen molar-refractivity contribution in [3.05, 3.63) is 95.3 Å². The first-order valence-corrected chi connectivity index (χ1v) is 12.3. The van der Waals surface area contributed by atoms with Gasteiger partial charge in [-0.15, -0.1) is 0 Å². The first-order chi connectivity index (χ1) is 15.8. The summed E-state index contributed by atoms with van der Waals surface area (Å²) in [5.41, 5.74) is 1.28. The molecule has 1 fully saturated rings. The van der Waals surface area contributed by atoms with Crippen molar-refractivity contribution < 1.29 is 17.6 Å². The molecule has 3 aromatic carbocycles. The summed E-state index contributed by atoms with van der Waals surface area (Å²) in [6.07, 6.45) is 0. The maximum Gasteiger partial charge on any atom is 0.246 e. The van der Waals surface area contributed by atoms with Gasteiger partial charge in [0.1, 0.15) is 11.9 Å². The van der Waals surface area contributed by atoms with Gasteiger partial charge < -0.3 is 5.32 Å². The van der Waals surface area contributed by atoms with Crippen LogP contribution in [0.5, 0.6) is 0 Å². The molecule has 33 heavy (non-hydrogen) atoms. The van der Waals surface area contributed by atoms with Crippen molar-refractivity contribution in [2.75, 3.05) is 31.5 Å². The van der Waals surface area contributed by atoms with Crippen molar-refractivity contribution in [2.24, 2.45) is 0 Å². The second-order valence-corrected chi connectivity index (χ2v) is 10.1. The predicted octanol–water partition coefficient (Wildman–Crippen LogP) is 4.17. The van der Waals surface area contributed by atoms with Gasteiger partial charge in [0.05, 0.1) is 4.90 Å². The molecule has 1 aliphatic heterocycles. The molecule has 9 heteroatoms. The van der Waals surface area contributed by atoms with E-state index in [1.165, 1.54) is 40.7 Å². The zero-order valence-corrected chi connectivity index (χ0v) is 19.3. The SMILES string of the molecule is O=C(Nc1ccc(F)cc1)[C@H](c1ccccc1)N1CCN(S(=O)(=O)c2cccc(Cl)c2)CC1. The minimum absolute atomic E-state index is 0.150. The van der Waals surface area contributed by atoms with E-state index in [1.807, 2.05) is 35.2 Å². The molecule has 1 saturated heterocycles. The maximum absolute atomic E-state index is 13.2. The maximum atomic E-state index is 13.2. The van der Waals surface area contributed by atoms with Crippen LogP contribution < -0.4 is 5.32 Å². The Bertz CT molecular complexity index is 1220. The standard InChI is InChI=1S/C24H23ClFN3O3S/c25-19-7-4-8-22(17-19)33(31,32)29-15-13-28(14-16-29)23(18-5-2-1-3-6-18)24(30)27-21-11-9-20(26)10-12-21/h1-12,17,23H,13-16H2,(H,27,30)/t23-/m0/s1. The zero-order chi connectivity index (χ0) is 23.4. The number of hydrogen-bond donors (Lipinski definition) is 1. The van der Waals surface area contributed by atoms with E-state index < -0.39 is 16.1 Å². The summed E-state index contributed by atoms with van der Waals surface area (Å²) in [7, 11) is -3.69. The van der Waals surface area contributed by atoms with Gasteiger partial charge in [-0.1, -0.05) is 48.0 Å². The highest BCUT2D eigenvalue weighted by Crippen LogP contribution is 2.27. The highest BCUT2D eigenvalue weighted by molar-refractivity contribution is 7.89. The number of amides is 1. The lowest BCUT2D eigenvalue weighted by molar-refractivity contribution is -0.122. The van der Waals surface area contributed by atoms with Gasteiger partial charge in [0, 0.05) is 36.9 Å². The van der Waals surface area contributed by atoms with E-state index in [1.54, 1.807) is 12.1 Å². The Morgan fingerprint density at radius 2 is 1.58 bits per heavy atom. The molecule has 6 nitrogen and oxygen atoms in total. The van der Waals surface area contributed by atoms with Gasteiger partial charge in [-0.3, -0.25) is 9.69 Å². The Balaban J connectivity index is 1.52. The zero-order valence-electron chi connectivity index (χ0n) is 17.7. The Morgan fingerprint density at radius 3 is 2.21 bits per heavy atom. The molecule has 1 atom stereocenters. The molecule has 0 bridgehead atoms. The van der Waals surface area contributed by atoms with Crippen molar-refractivity contribution in [3.8, 4) is 0 Å². The van der Waals surface area contributed by atoms with Gasteiger partial charge in [0.15, 0.2) is 0 Å². The van der Waals surface area contributed by atoms with Crippen LogP contribution in [0.4, 0.5) is 10.1 Å². The van der Waals surface area contributed by atoms with Crippen LogP contribution >= 0.6 is 11.6 Å². The molecule has 4 rings (SSSR count). The van der Waals surface area contributed by atoms with Crippen LogP contribution in [-0.2, 0) is 14.8 Å². The minimum Gasteiger partial charge on any atom is -0.324 e. The Labute approximate surface area is 197 Å². The number of carbonyl (C=O) groups is 1. The van der Waals surface area contributed by atoms with Gasteiger partial charge in [-0.25, -0.2) is 12.8 Å². The molecule has 0 saturated carbocycles. The van der Waals surface area contributed by atoms with E-state index >= 15 is 0 Å². The fourth-order valence-corrected chi connectivity index (χ4v) is 5.61. The monoisotopic (exact) mass is 487 g/mol. The van der Waals surface area contributed by atoms with Gasteiger partial charge in [-0.05, 0) is 48.0 Å². The van der Waals surface area contributed by atoms with E-state index in [-0.39, 0.29) is 29.7 Å². The number of sulfonamides is 1. The minimum atomic E-state index is -3.69. The van der Waals surface area contributed by atoms with Crippen molar-refractivity contribution in [2.45, 2.75) is 10.9 Å². The fraction of sp³-hybridized carbons (Fsp3) is 0.208. The lowest BCUT2D eigenvalue weighted by Gasteiger charge is -2.38. The number of halogens is 2. The summed E-state index contributed by atoms with van der Waals surface area (Å²) in [6, 6.07) is 20.5. The highest BCUT2D eigenvalue weighted by Gasteiger charge is 2.34. The van der Waals surface area contributed by atoms with Crippen LogP contribution in [0.25, 0.3) is 0 Å². The lowest BCUT2D eigenvalue weighted by Crippen LogP contribution is -2.51. The summed E-state index contributed by atoms with van der Waals surface area (Å²) in [6.45, 7) is 1.22. The second kappa shape index (κ2) is 10.0. The number of hydrogen-bond acceptors (Lipinski definition) is 4. The van der Waals surface area contributed by atoms with E-state index in [0.717, 1.165) is 5.56 Å². The van der Waals surface area contributed by atoms with Crippen molar-refractivity contribution >= 4 is 33.2 Å². The lowest BCUT2D eigenvalue weighted by atomic mass is 10.0. The Kier molecular flexibility index (Phi) is 7.09. The molecular formula is C24H23ClFN3O3S. The van der Waals surface area contributed by atoms with Crippen molar-refractivity contribution in [1.82, 2.24) is 9.21 Å². The highest BCUT2D eigenvalue weighted by atomic mass is 35.5. The molecule has 0 unspecified atom stereocenters. The molecule has 0 aromatic heterocycles. The summed E-state index contributed by atoms with van der Waals surface area (Å²) in [5, 5.41) is 3.20. The molecule has 1 amide bonds. The Hall–Kier alpha value is -2.78. The summed E-state index contributed by atoms with van der Waals surface area (Å²) < 4.78 is 40.7. The van der Waals surface area contributed by atoms with E-state index in [2.05, 4.69) is 5.32 Å². The summed E-state index contributed by atoms with van der Waals surface area (Å²) in [4.78, 5) is 15.3. The molecule has 0 spiro atoms. The van der Waals surface area contributed by atoms with E-state index in [4.69, 9.17) is 11.6 Å². The first-order valence-electron chi connectivity index (χ1n) is 10.5. The van der Waals surface area contributed by atoms with Crippen molar-refractivity contribution in [1.29, 1.82) is 0 Å². The number of nitrogens with one attached hydrogen (secondary N) is 1. The van der Waals surface area contributed by atoms with E-state index in [0.29, 0.717) is 23.8 Å². The number of piperazine rings is 1. The quantitative estimate of drug-likeness (QED) is 0.566. The van der Waals surface area contributed by atoms with Crippen LogP contribution in [-0.4, -0.2) is 49.7 Å². The largest absolute Gasteiger partial charge is 0.324 e. The number of nitrogens with zero attached hydrogens (tertiary/aromatic N) is 2. The number of rotatable bonds is 6. The second-order valence-electron chi connectivity index (χ2n) is 7.71. The normalized spacial score (nSPS) is 16.3. The van der Waals surface area contributed by atoms with Gasteiger partial charge >= 0.3 is 0 Å². The number of carbonyl (C=O) groups excluding carboxylic acids is 1. The van der Waals surface area contributed by atoms with Crippen LogP contribution in [0.2, 0.25) is 5.02 Å².